The summed E-state index contributed by atoms with van der Waals surface area (Å²) in [5.74, 6) is 1.65. The molecule has 0 atom stereocenters. The molecule has 3 aromatic rings. The number of aromatic nitrogens is 4. The first-order valence-corrected chi connectivity index (χ1v) is 6.88. The van der Waals surface area contributed by atoms with E-state index in [1.165, 1.54) is 0 Å². The number of nitrogens with zero attached hydrogens (tertiary/aromatic N) is 3. The standard InChI is InChI=1S/C14H10Cl2N4O/c15-9-4-5-12(10(16)7-9)21-8-13-18-14(20-19-13)11-3-1-2-6-17-11/h1-7H,8H2,(H,18,19,20). The Balaban J connectivity index is 1.70. The van der Waals surface area contributed by atoms with Gasteiger partial charge in [-0.2, -0.15) is 5.10 Å². The maximum absolute atomic E-state index is 6.03. The third-order valence-corrected chi connectivity index (χ3v) is 3.21. The molecule has 0 unspecified atom stereocenters. The maximum Gasteiger partial charge on any atom is 0.199 e. The molecule has 0 radical (unpaired) electrons. The molecular formula is C14H10Cl2N4O. The minimum atomic E-state index is 0.223. The average molecular weight is 321 g/mol. The van der Waals surface area contributed by atoms with E-state index in [9.17, 15) is 0 Å². The number of ether oxygens (including phenoxy) is 1. The van der Waals surface area contributed by atoms with E-state index in [0.29, 0.717) is 33.1 Å². The van der Waals surface area contributed by atoms with Gasteiger partial charge in [0.15, 0.2) is 11.6 Å². The van der Waals surface area contributed by atoms with Gasteiger partial charge in [-0.05, 0) is 30.3 Å². The topological polar surface area (TPSA) is 63.7 Å². The summed E-state index contributed by atoms with van der Waals surface area (Å²) in [5.41, 5.74) is 0.699. The second-order valence-corrected chi connectivity index (χ2v) is 5.03. The second kappa shape index (κ2) is 6.11. The van der Waals surface area contributed by atoms with Crippen LogP contribution in [0.5, 0.6) is 5.75 Å². The predicted octanol–water partition coefficient (Wildman–Crippen LogP) is 3.75. The lowest BCUT2D eigenvalue weighted by Gasteiger charge is -2.05. The molecule has 1 aromatic carbocycles. The molecule has 0 saturated heterocycles. The van der Waals surface area contributed by atoms with E-state index >= 15 is 0 Å². The van der Waals surface area contributed by atoms with Gasteiger partial charge < -0.3 is 4.74 Å². The Morgan fingerprint density at radius 3 is 2.81 bits per heavy atom. The predicted molar refractivity (Wildman–Crippen MR) is 80.4 cm³/mol. The molecule has 0 bridgehead atoms. The van der Waals surface area contributed by atoms with Gasteiger partial charge >= 0.3 is 0 Å². The first kappa shape index (κ1) is 13.9. The molecular weight excluding hydrogens is 311 g/mol. The fourth-order valence-electron chi connectivity index (χ4n) is 1.71. The van der Waals surface area contributed by atoms with Gasteiger partial charge in [-0.3, -0.25) is 10.1 Å². The van der Waals surface area contributed by atoms with Gasteiger partial charge in [-0.1, -0.05) is 29.3 Å². The molecule has 0 amide bonds. The van der Waals surface area contributed by atoms with E-state index in [1.807, 2.05) is 18.2 Å². The molecule has 0 spiro atoms. The van der Waals surface area contributed by atoms with Crippen LogP contribution in [0.3, 0.4) is 0 Å². The summed E-state index contributed by atoms with van der Waals surface area (Å²) in [6.45, 7) is 0.223. The number of hydrogen-bond acceptors (Lipinski definition) is 4. The number of aromatic amines is 1. The number of rotatable bonds is 4. The fourth-order valence-corrected chi connectivity index (χ4v) is 2.17. The van der Waals surface area contributed by atoms with E-state index in [-0.39, 0.29) is 6.61 Å². The number of benzene rings is 1. The molecule has 0 aliphatic rings. The van der Waals surface area contributed by atoms with E-state index < -0.39 is 0 Å². The van der Waals surface area contributed by atoms with Crippen molar-refractivity contribution in [2.45, 2.75) is 6.61 Å². The molecule has 0 aliphatic carbocycles. The zero-order chi connectivity index (χ0) is 14.7. The minimum absolute atomic E-state index is 0.223. The summed E-state index contributed by atoms with van der Waals surface area (Å²) >= 11 is 11.9. The normalized spacial score (nSPS) is 10.6. The van der Waals surface area contributed by atoms with Gasteiger partial charge in [0.05, 0.1) is 5.02 Å². The quantitative estimate of drug-likeness (QED) is 0.795. The van der Waals surface area contributed by atoms with Crippen molar-refractivity contribution < 1.29 is 4.74 Å². The van der Waals surface area contributed by atoms with Crippen LogP contribution in [-0.4, -0.2) is 20.2 Å². The minimum Gasteiger partial charge on any atom is -0.484 e. The van der Waals surface area contributed by atoms with E-state index in [4.69, 9.17) is 27.9 Å². The van der Waals surface area contributed by atoms with Gasteiger partial charge in [0.1, 0.15) is 18.1 Å². The molecule has 7 heteroatoms. The highest BCUT2D eigenvalue weighted by molar-refractivity contribution is 6.35. The highest BCUT2D eigenvalue weighted by Crippen LogP contribution is 2.28. The van der Waals surface area contributed by atoms with Gasteiger partial charge in [-0.15, -0.1) is 0 Å². The van der Waals surface area contributed by atoms with Crippen LogP contribution in [0.4, 0.5) is 0 Å². The molecule has 3 rings (SSSR count). The Labute approximate surface area is 130 Å². The first-order valence-electron chi connectivity index (χ1n) is 6.13. The van der Waals surface area contributed by atoms with Crippen LogP contribution in [0.15, 0.2) is 42.6 Å². The fraction of sp³-hybridized carbons (Fsp3) is 0.0714. The zero-order valence-electron chi connectivity index (χ0n) is 10.8. The van der Waals surface area contributed by atoms with Crippen LogP contribution in [0.25, 0.3) is 11.5 Å². The van der Waals surface area contributed by atoms with Crippen molar-refractivity contribution in [2.24, 2.45) is 0 Å². The smallest absolute Gasteiger partial charge is 0.199 e. The zero-order valence-corrected chi connectivity index (χ0v) is 12.3. The number of H-pyrrole nitrogens is 1. The maximum atomic E-state index is 6.03. The summed E-state index contributed by atoms with van der Waals surface area (Å²) in [6.07, 6.45) is 1.69. The summed E-state index contributed by atoms with van der Waals surface area (Å²) in [5, 5.41) is 7.92. The number of nitrogens with one attached hydrogen (secondary N) is 1. The van der Waals surface area contributed by atoms with Crippen LogP contribution < -0.4 is 4.74 Å². The SMILES string of the molecule is Clc1ccc(OCc2nc(-c3ccccn3)n[nH]2)c(Cl)c1. The van der Waals surface area contributed by atoms with Crippen molar-refractivity contribution in [1.82, 2.24) is 20.2 Å². The highest BCUT2D eigenvalue weighted by Gasteiger charge is 2.08. The van der Waals surface area contributed by atoms with Crippen molar-refractivity contribution in [3.8, 4) is 17.3 Å². The Kier molecular flexibility index (Phi) is 4.03. The molecule has 106 valence electrons. The van der Waals surface area contributed by atoms with Gasteiger partial charge in [-0.25, -0.2) is 4.98 Å². The molecule has 0 aliphatic heterocycles. The Morgan fingerprint density at radius 1 is 1.14 bits per heavy atom. The monoisotopic (exact) mass is 320 g/mol. The summed E-state index contributed by atoms with van der Waals surface area (Å²) < 4.78 is 5.58. The lowest BCUT2D eigenvalue weighted by molar-refractivity contribution is 0.296. The molecule has 5 nitrogen and oxygen atoms in total. The lowest BCUT2D eigenvalue weighted by Crippen LogP contribution is -1.98. The Morgan fingerprint density at radius 2 is 2.05 bits per heavy atom. The van der Waals surface area contributed by atoms with Crippen LogP contribution in [-0.2, 0) is 6.61 Å². The van der Waals surface area contributed by atoms with Crippen molar-refractivity contribution >= 4 is 23.2 Å². The van der Waals surface area contributed by atoms with Crippen molar-refractivity contribution in [3.63, 3.8) is 0 Å². The second-order valence-electron chi connectivity index (χ2n) is 4.18. The summed E-state index contributed by atoms with van der Waals surface area (Å²) in [6, 6.07) is 10.6. The molecule has 1 N–H and O–H groups in total. The number of hydrogen-bond donors (Lipinski definition) is 1. The van der Waals surface area contributed by atoms with E-state index in [2.05, 4.69) is 20.2 Å². The van der Waals surface area contributed by atoms with E-state index in [0.717, 1.165) is 0 Å². The molecule has 21 heavy (non-hydrogen) atoms. The van der Waals surface area contributed by atoms with Crippen LogP contribution in [0.2, 0.25) is 10.0 Å². The Bertz CT molecular complexity index is 746. The Hall–Kier alpha value is -2.11. The number of halogens is 2. The van der Waals surface area contributed by atoms with Gasteiger partial charge in [0.2, 0.25) is 0 Å². The molecule has 0 saturated carbocycles. The van der Waals surface area contributed by atoms with E-state index in [1.54, 1.807) is 24.4 Å². The molecule has 2 aromatic heterocycles. The largest absolute Gasteiger partial charge is 0.484 e. The van der Waals surface area contributed by atoms with Gasteiger partial charge in [0.25, 0.3) is 0 Å². The van der Waals surface area contributed by atoms with Crippen LogP contribution in [0, 0.1) is 0 Å². The summed E-state index contributed by atoms with van der Waals surface area (Å²) in [7, 11) is 0. The van der Waals surface area contributed by atoms with Crippen molar-refractivity contribution in [1.29, 1.82) is 0 Å². The third-order valence-electron chi connectivity index (χ3n) is 2.68. The molecule has 2 heterocycles. The lowest BCUT2D eigenvalue weighted by atomic mass is 10.3. The number of pyridine rings is 1. The summed E-state index contributed by atoms with van der Waals surface area (Å²) in [4.78, 5) is 8.50. The van der Waals surface area contributed by atoms with Crippen molar-refractivity contribution in [2.75, 3.05) is 0 Å². The average Bonchev–Trinajstić information content (AvgIpc) is 2.96. The highest BCUT2D eigenvalue weighted by atomic mass is 35.5. The van der Waals surface area contributed by atoms with Crippen molar-refractivity contribution in [3.05, 3.63) is 58.5 Å². The van der Waals surface area contributed by atoms with Crippen LogP contribution >= 0.6 is 23.2 Å². The van der Waals surface area contributed by atoms with Gasteiger partial charge in [0, 0.05) is 11.2 Å². The molecule has 0 fully saturated rings. The third kappa shape index (κ3) is 3.32. The van der Waals surface area contributed by atoms with Crippen LogP contribution in [0.1, 0.15) is 5.82 Å². The first-order chi connectivity index (χ1) is 10.2.